The predicted octanol–water partition coefficient (Wildman–Crippen LogP) is -1.33. The van der Waals surface area contributed by atoms with Gasteiger partial charge in [-0.3, -0.25) is 0 Å². The molecule has 70 valence electrons. The second kappa shape index (κ2) is 3.73. The number of β-amino-alcohol motifs (C(OH)–C–C–N with tert-alkyl or cyclic N) is 1. The van der Waals surface area contributed by atoms with Gasteiger partial charge in [0.25, 0.3) is 0 Å². The molecule has 1 fully saturated rings. The summed E-state index contributed by atoms with van der Waals surface area (Å²) in [7, 11) is 1.75. The maximum absolute atomic E-state index is 11.3. The van der Waals surface area contributed by atoms with E-state index in [1.54, 1.807) is 16.8 Å². The van der Waals surface area contributed by atoms with Gasteiger partial charge in [-0.15, -0.1) is 0 Å². The Bertz CT molecular complexity index is 174. The normalized spacial score (nSPS) is 20.4. The minimum atomic E-state index is -0.597. The Labute approximate surface area is 71.7 Å². The summed E-state index contributed by atoms with van der Waals surface area (Å²) in [5.41, 5.74) is 5.23. The largest absolute Gasteiger partial charge is 0.390 e. The van der Waals surface area contributed by atoms with Crippen LogP contribution in [-0.4, -0.2) is 60.3 Å². The summed E-state index contributed by atoms with van der Waals surface area (Å²) in [4.78, 5) is 14.5. The Morgan fingerprint density at radius 2 is 2.33 bits per heavy atom. The minimum Gasteiger partial charge on any atom is -0.390 e. The molecule has 0 aromatic rings. The molecular weight excluding hydrogens is 158 g/mol. The third-order valence-corrected chi connectivity index (χ3v) is 2.01. The summed E-state index contributed by atoms with van der Waals surface area (Å²) in [5, 5.41) is 9.18. The topological polar surface area (TPSA) is 69.8 Å². The quantitative estimate of drug-likeness (QED) is 0.555. The van der Waals surface area contributed by atoms with Crippen molar-refractivity contribution in [2.45, 2.75) is 6.10 Å². The number of carbonyl (C=O) groups excluding carboxylic acids is 1. The molecular formula is C7H15N3O2. The number of carbonyl (C=O) groups is 1. The molecule has 0 radical (unpaired) electrons. The molecule has 1 aliphatic rings. The zero-order chi connectivity index (χ0) is 9.14. The Kier molecular flexibility index (Phi) is 2.88. The van der Waals surface area contributed by atoms with Gasteiger partial charge in [-0.05, 0) is 0 Å². The second-order valence-electron chi connectivity index (χ2n) is 3.04. The van der Waals surface area contributed by atoms with E-state index in [-0.39, 0.29) is 12.6 Å². The van der Waals surface area contributed by atoms with E-state index in [2.05, 4.69) is 0 Å². The molecule has 0 aliphatic carbocycles. The lowest BCUT2D eigenvalue weighted by Gasteiger charge is -2.18. The van der Waals surface area contributed by atoms with Gasteiger partial charge in [0.05, 0.1) is 6.10 Å². The van der Waals surface area contributed by atoms with Gasteiger partial charge in [0.15, 0.2) is 0 Å². The van der Waals surface area contributed by atoms with Crippen LogP contribution in [0.15, 0.2) is 0 Å². The lowest BCUT2D eigenvalue weighted by atomic mass is 10.3. The highest BCUT2D eigenvalue weighted by atomic mass is 16.3. The van der Waals surface area contributed by atoms with E-state index >= 15 is 0 Å². The molecule has 1 saturated heterocycles. The van der Waals surface area contributed by atoms with Crippen LogP contribution in [0.3, 0.4) is 0 Å². The monoisotopic (exact) mass is 173 g/mol. The van der Waals surface area contributed by atoms with Crippen molar-refractivity contribution in [1.29, 1.82) is 0 Å². The zero-order valence-corrected chi connectivity index (χ0v) is 7.23. The van der Waals surface area contributed by atoms with Crippen molar-refractivity contribution in [1.82, 2.24) is 9.80 Å². The van der Waals surface area contributed by atoms with Crippen molar-refractivity contribution in [3.8, 4) is 0 Å². The first-order valence-corrected chi connectivity index (χ1v) is 4.03. The zero-order valence-electron chi connectivity index (χ0n) is 7.23. The molecule has 1 rings (SSSR count). The Morgan fingerprint density at radius 1 is 1.67 bits per heavy atom. The number of hydrogen-bond donors (Lipinski definition) is 2. The van der Waals surface area contributed by atoms with Crippen LogP contribution in [0, 0.1) is 0 Å². The van der Waals surface area contributed by atoms with Gasteiger partial charge in [-0.1, -0.05) is 0 Å². The number of likely N-dealkylation sites (N-methyl/N-ethyl adjacent to an activating group) is 1. The van der Waals surface area contributed by atoms with Gasteiger partial charge in [-0.25, -0.2) is 4.79 Å². The van der Waals surface area contributed by atoms with Crippen LogP contribution in [0.4, 0.5) is 4.79 Å². The summed E-state index contributed by atoms with van der Waals surface area (Å²) in [6, 6.07) is -0.0255. The molecule has 0 spiro atoms. The van der Waals surface area contributed by atoms with E-state index < -0.39 is 6.10 Å². The molecule has 2 amide bonds. The van der Waals surface area contributed by atoms with E-state index in [1.165, 1.54) is 0 Å². The molecule has 0 bridgehead atoms. The molecule has 0 aromatic heterocycles. The summed E-state index contributed by atoms with van der Waals surface area (Å²) in [5.74, 6) is 0. The standard InChI is InChI=1S/C7H15N3O2/c1-9-2-3-10(7(9)12)5-6(11)4-8/h6,11H,2-5,8H2,1H3/t6-/m1/s1. The molecule has 1 aliphatic heterocycles. The highest BCUT2D eigenvalue weighted by Gasteiger charge is 2.26. The number of amides is 2. The van der Waals surface area contributed by atoms with Crippen molar-refractivity contribution in [2.24, 2.45) is 5.73 Å². The number of nitrogens with zero attached hydrogens (tertiary/aromatic N) is 2. The minimum absolute atomic E-state index is 0.0255. The number of urea groups is 1. The average molecular weight is 173 g/mol. The first-order chi connectivity index (χ1) is 5.65. The number of hydrogen-bond acceptors (Lipinski definition) is 3. The van der Waals surface area contributed by atoms with Gasteiger partial charge in [0, 0.05) is 33.2 Å². The van der Waals surface area contributed by atoms with Gasteiger partial charge < -0.3 is 20.6 Å². The third-order valence-electron chi connectivity index (χ3n) is 2.01. The van der Waals surface area contributed by atoms with Crippen molar-refractivity contribution < 1.29 is 9.90 Å². The third kappa shape index (κ3) is 1.86. The van der Waals surface area contributed by atoms with Crippen LogP contribution in [-0.2, 0) is 0 Å². The Balaban J connectivity index is 2.39. The van der Waals surface area contributed by atoms with Crippen LogP contribution in [0.25, 0.3) is 0 Å². The lowest BCUT2D eigenvalue weighted by Crippen LogP contribution is -2.38. The number of aliphatic hydroxyl groups is 1. The van der Waals surface area contributed by atoms with E-state index in [0.717, 1.165) is 6.54 Å². The first-order valence-electron chi connectivity index (χ1n) is 4.03. The highest BCUT2D eigenvalue weighted by molar-refractivity contribution is 5.76. The van der Waals surface area contributed by atoms with Crippen LogP contribution < -0.4 is 5.73 Å². The van der Waals surface area contributed by atoms with Gasteiger partial charge in [0.2, 0.25) is 0 Å². The van der Waals surface area contributed by atoms with Gasteiger partial charge >= 0.3 is 6.03 Å². The van der Waals surface area contributed by atoms with Crippen molar-refractivity contribution in [3.05, 3.63) is 0 Å². The van der Waals surface area contributed by atoms with Gasteiger partial charge in [-0.2, -0.15) is 0 Å². The van der Waals surface area contributed by atoms with Crippen LogP contribution in [0.5, 0.6) is 0 Å². The molecule has 0 unspecified atom stereocenters. The highest BCUT2D eigenvalue weighted by Crippen LogP contribution is 2.05. The molecule has 12 heavy (non-hydrogen) atoms. The van der Waals surface area contributed by atoms with Gasteiger partial charge in [0.1, 0.15) is 0 Å². The maximum atomic E-state index is 11.3. The second-order valence-corrected chi connectivity index (χ2v) is 3.04. The lowest BCUT2D eigenvalue weighted by molar-refractivity contribution is 0.134. The summed E-state index contributed by atoms with van der Waals surface area (Å²) >= 11 is 0. The number of rotatable bonds is 3. The van der Waals surface area contributed by atoms with E-state index in [0.29, 0.717) is 13.1 Å². The van der Waals surface area contributed by atoms with E-state index in [4.69, 9.17) is 5.73 Å². The average Bonchev–Trinajstić information content (AvgIpc) is 2.36. The van der Waals surface area contributed by atoms with Crippen LogP contribution in [0.2, 0.25) is 0 Å². The predicted molar refractivity (Wildman–Crippen MR) is 44.7 cm³/mol. The first kappa shape index (κ1) is 9.28. The molecule has 0 saturated carbocycles. The van der Waals surface area contributed by atoms with Crippen molar-refractivity contribution in [2.75, 3.05) is 33.2 Å². The molecule has 1 heterocycles. The Hall–Kier alpha value is -0.810. The van der Waals surface area contributed by atoms with E-state index in [1.807, 2.05) is 0 Å². The fraction of sp³-hybridized carbons (Fsp3) is 0.857. The maximum Gasteiger partial charge on any atom is 0.319 e. The van der Waals surface area contributed by atoms with Crippen molar-refractivity contribution >= 4 is 6.03 Å². The van der Waals surface area contributed by atoms with E-state index in [9.17, 15) is 9.90 Å². The summed E-state index contributed by atoms with van der Waals surface area (Å²) in [6.07, 6.45) is -0.597. The summed E-state index contributed by atoms with van der Waals surface area (Å²) < 4.78 is 0. The molecule has 5 heteroatoms. The molecule has 5 nitrogen and oxygen atoms in total. The van der Waals surface area contributed by atoms with Crippen LogP contribution in [0.1, 0.15) is 0 Å². The molecule has 1 atom stereocenters. The smallest absolute Gasteiger partial charge is 0.319 e. The molecule has 3 N–H and O–H groups in total. The summed E-state index contributed by atoms with van der Waals surface area (Å²) in [6.45, 7) is 1.97. The fourth-order valence-electron chi connectivity index (χ4n) is 1.20. The van der Waals surface area contributed by atoms with Crippen LogP contribution >= 0.6 is 0 Å². The SMILES string of the molecule is CN1CCN(C[C@H](O)CN)C1=O. The molecule has 0 aromatic carbocycles. The Morgan fingerprint density at radius 3 is 2.75 bits per heavy atom. The van der Waals surface area contributed by atoms with Crippen molar-refractivity contribution in [3.63, 3.8) is 0 Å². The number of nitrogens with two attached hydrogens (primary N) is 1. The number of aliphatic hydroxyl groups excluding tert-OH is 1. The fourth-order valence-corrected chi connectivity index (χ4v) is 1.20.